The van der Waals surface area contributed by atoms with Crippen molar-refractivity contribution in [2.45, 2.75) is 6.92 Å². The van der Waals surface area contributed by atoms with E-state index in [1.807, 2.05) is 60.0 Å². The molecular weight excluding hydrogens is 372 g/mol. The van der Waals surface area contributed by atoms with E-state index in [-0.39, 0.29) is 5.56 Å². The Labute approximate surface area is 164 Å². The first-order valence-corrected chi connectivity index (χ1v) is 9.03. The summed E-state index contributed by atoms with van der Waals surface area (Å²) in [6.45, 7) is 1.86. The topological polar surface area (TPSA) is 58.9 Å². The van der Waals surface area contributed by atoms with Gasteiger partial charge in [0.1, 0.15) is 17.3 Å². The lowest BCUT2D eigenvalue weighted by atomic mass is 10.00. The molecule has 0 unspecified atom stereocenters. The standard InChI is InChI=1S/C22H15F2N5/c1-13-20(21(27-25-13)17-9-8-16(23)11-18(17)24)15-7-10-19-26-28-22(29(19)12-15)14-5-3-2-4-6-14/h2-12H,1H3,(H,25,27). The SMILES string of the molecule is Cc1[nH]nc(-c2ccc(F)cc2F)c1-c1ccc2nnc(-c3ccccc3)n2c1. The molecule has 142 valence electrons. The highest BCUT2D eigenvalue weighted by molar-refractivity contribution is 5.83. The molecule has 2 aromatic carbocycles. The quantitative estimate of drug-likeness (QED) is 0.472. The molecule has 0 aliphatic rings. The molecule has 5 rings (SSSR count). The van der Waals surface area contributed by atoms with Crippen molar-refractivity contribution in [3.8, 4) is 33.8 Å². The molecule has 0 saturated carbocycles. The highest BCUT2D eigenvalue weighted by atomic mass is 19.1. The highest BCUT2D eigenvalue weighted by Crippen LogP contribution is 2.35. The number of aromatic nitrogens is 5. The van der Waals surface area contributed by atoms with Crippen molar-refractivity contribution < 1.29 is 8.78 Å². The molecule has 3 heterocycles. The Hall–Kier alpha value is -3.87. The van der Waals surface area contributed by atoms with Crippen LogP contribution < -0.4 is 0 Å². The maximum Gasteiger partial charge on any atom is 0.168 e. The van der Waals surface area contributed by atoms with Crippen molar-refractivity contribution in [3.63, 3.8) is 0 Å². The van der Waals surface area contributed by atoms with Crippen LogP contribution in [0, 0.1) is 18.6 Å². The van der Waals surface area contributed by atoms with E-state index in [1.54, 1.807) is 0 Å². The fourth-order valence-corrected chi connectivity index (χ4v) is 3.48. The Morgan fingerprint density at radius 3 is 2.52 bits per heavy atom. The molecule has 0 saturated heterocycles. The molecule has 7 heteroatoms. The van der Waals surface area contributed by atoms with Gasteiger partial charge in [-0.3, -0.25) is 9.50 Å². The number of nitrogens with one attached hydrogen (secondary N) is 1. The van der Waals surface area contributed by atoms with E-state index < -0.39 is 11.6 Å². The minimum atomic E-state index is -0.659. The number of aryl methyl sites for hydroxylation is 1. The monoisotopic (exact) mass is 387 g/mol. The van der Waals surface area contributed by atoms with Crippen molar-refractivity contribution in [1.29, 1.82) is 0 Å². The molecule has 5 nitrogen and oxygen atoms in total. The van der Waals surface area contributed by atoms with Crippen LogP contribution in [0.25, 0.3) is 39.4 Å². The molecule has 0 aliphatic heterocycles. The summed E-state index contributed by atoms with van der Waals surface area (Å²) in [6, 6.07) is 17.0. The predicted molar refractivity (Wildman–Crippen MR) is 106 cm³/mol. The third-order valence-corrected chi connectivity index (χ3v) is 4.86. The van der Waals surface area contributed by atoms with Gasteiger partial charge < -0.3 is 0 Å². The minimum Gasteiger partial charge on any atom is -0.282 e. The fraction of sp³-hybridized carbons (Fsp3) is 0.0455. The van der Waals surface area contributed by atoms with Crippen molar-refractivity contribution in [3.05, 3.63) is 84.2 Å². The second-order valence-electron chi connectivity index (χ2n) is 6.73. The Morgan fingerprint density at radius 2 is 1.72 bits per heavy atom. The lowest BCUT2D eigenvalue weighted by Gasteiger charge is -2.07. The Morgan fingerprint density at radius 1 is 0.897 bits per heavy atom. The maximum absolute atomic E-state index is 14.4. The van der Waals surface area contributed by atoms with Crippen LogP contribution in [-0.4, -0.2) is 24.8 Å². The smallest absolute Gasteiger partial charge is 0.168 e. The molecule has 3 aromatic heterocycles. The predicted octanol–water partition coefficient (Wildman–Crippen LogP) is 5.04. The zero-order valence-corrected chi connectivity index (χ0v) is 15.4. The third kappa shape index (κ3) is 2.87. The molecule has 0 atom stereocenters. The van der Waals surface area contributed by atoms with E-state index >= 15 is 0 Å². The van der Waals surface area contributed by atoms with Gasteiger partial charge in [0.05, 0.1) is 0 Å². The molecule has 5 aromatic rings. The molecule has 0 spiro atoms. The molecule has 29 heavy (non-hydrogen) atoms. The Bertz CT molecular complexity index is 1340. The van der Waals surface area contributed by atoms with Crippen LogP contribution >= 0.6 is 0 Å². The normalized spacial score (nSPS) is 11.3. The average molecular weight is 387 g/mol. The van der Waals surface area contributed by atoms with Crippen LogP contribution in [0.5, 0.6) is 0 Å². The number of rotatable bonds is 3. The highest BCUT2D eigenvalue weighted by Gasteiger charge is 2.19. The van der Waals surface area contributed by atoms with Gasteiger partial charge in [-0.2, -0.15) is 5.10 Å². The summed E-state index contributed by atoms with van der Waals surface area (Å²) in [4.78, 5) is 0. The van der Waals surface area contributed by atoms with Crippen molar-refractivity contribution in [2.75, 3.05) is 0 Å². The lowest BCUT2D eigenvalue weighted by molar-refractivity contribution is 0.585. The van der Waals surface area contributed by atoms with E-state index in [0.29, 0.717) is 17.2 Å². The molecule has 0 fully saturated rings. The number of halogens is 2. The van der Waals surface area contributed by atoms with Gasteiger partial charge in [-0.15, -0.1) is 10.2 Å². The van der Waals surface area contributed by atoms with Gasteiger partial charge in [-0.1, -0.05) is 30.3 Å². The van der Waals surface area contributed by atoms with Gasteiger partial charge in [-0.05, 0) is 31.2 Å². The van der Waals surface area contributed by atoms with E-state index in [1.165, 1.54) is 12.1 Å². The van der Waals surface area contributed by atoms with Gasteiger partial charge >= 0.3 is 0 Å². The number of hydrogen-bond acceptors (Lipinski definition) is 3. The van der Waals surface area contributed by atoms with Crippen LogP contribution in [-0.2, 0) is 0 Å². The first kappa shape index (κ1) is 17.2. The number of nitrogens with zero attached hydrogens (tertiary/aromatic N) is 4. The molecule has 1 N–H and O–H groups in total. The zero-order chi connectivity index (χ0) is 20.0. The van der Waals surface area contributed by atoms with Crippen molar-refractivity contribution in [1.82, 2.24) is 24.8 Å². The molecule has 0 bridgehead atoms. The van der Waals surface area contributed by atoms with Crippen LogP contribution in [0.3, 0.4) is 0 Å². The average Bonchev–Trinajstić information content (AvgIpc) is 3.31. The zero-order valence-electron chi connectivity index (χ0n) is 15.4. The summed E-state index contributed by atoms with van der Waals surface area (Å²) < 4.78 is 29.7. The summed E-state index contributed by atoms with van der Waals surface area (Å²) in [5.74, 6) is -0.579. The molecule has 0 radical (unpaired) electrons. The van der Waals surface area contributed by atoms with Crippen LogP contribution in [0.15, 0.2) is 66.9 Å². The largest absolute Gasteiger partial charge is 0.282 e. The van der Waals surface area contributed by atoms with E-state index in [0.717, 1.165) is 28.5 Å². The first-order chi connectivity index (χ1) is 14.1. The summed E-state index contributed by atoms with van der Waals surface area (Å²) >= 11 is 0. The number of hydrogen-bond donors (Lipinski definition) is 1. The summed E-state index contributed by atoms with van der Waals surface area (Å²) in [5.41, 5.74) is 4.63. The number of fused-ring (bicyclic) bond motifs is 1. The summed E-state index contributed by atoms with van der Waals surface area (Å²) in [6.07, 6.45) is 1.90. The van der Waals surface area contributed by atoms with Crippen molar-refractivity contribution >= 4 is 5.65 Å². The van der Waals surface area contributed by atoms with Crippen LogP contribution in [0.1, 0.15) is 5.69 Å². The van der Waals surface area contributed by atoms with E-state index in [9.17, 15) is 8.78 Å². The van der Waals surface area contributed by atoms with Gasteiger partial charge in [0.25, 0.3) is 0 Å². The molecule has 0 aliphatic carbocycles. The maximum atomic E-state index is 14.4. The Balaban J connectivity index is 1.70. The van der Waals surface area contributed by atoms with Gasteiger partial charge in [0.2, 0.25) is 0 Å². The Kier molecular flexibility index (Phi) is 3.94. The number of benzene rings is 2. The van der Waals surface area contributed by atoms with Gasteiger partial charge in [0, 0.05) is 40.2 Å². The molecular formula is C22H15F2N5. The molecule has 0 amide bonds. The van der Waals surface area contributed by atoms with E-state index in [4.69, 9.17) is 0 Å². The number of pyridine rings is 1. The van der Waals surface area contributed by atoms with E-state index in [2.05, 4.69) is 20.4 Å². The summed E-state index contributed by atoms with van der Waals surface area (Å²) in [5, 5.41) is 15.7. The van der Waals surface area contributed by atoms with Crippen LogP contribution in [0.4, 0.5) is 8.78 Å². The third-order valence-electron chi connectivity index (χ3n) is 4.86. The van der Waals surface area contributed by atoms with Crippen molar-refractivity contribution in [2.24, 2.45) is 0 Å². The first-order valence-electron chi connectivity index (χ1n) is 9.03. The second-order valence-corrected chi connectivity index (χ2v) is 6.73. The van der Waals surface area contributed by atoms with Crippen LogP contribution in [0.2, 0.25) is 0 Å². The fourth-order valence-electron chi connectivity index (χ4n) is 3.48. The lowest BCUT2D eigenvalue weighted by Crippen LogP contribution is -1.93. The summed E-state index contributed by atoms with van der Waals surface area (Å²) in [7, 11) is 0. The minimum absolute atomic E-state index is 0.234. The van der Waals surface area contributed by atoms with Gasteiger partial charge in [0.15, 0.2) is 11.5 Å². The number of aromatic amines is 1. The second kappa shape index (κ2) is 6.63. The number of H-pyrrole nitrogens is 1. The van der Waals surface area contributed by atoms with Gasteiger partial charge in [-0.25, -0.2) is 8.78 Å².